The number of benzene rings is 1. The highest BCUT2D eigenvalue weighted by Crippen LogP contribution is 2.26. The largest absolute Gasteiger partial charge is 0.494 e. The van der Waals surface area contributed by atoms with Gasteiger partial charge in [0.1, 0.15) is 24.5 Å². The summed E-state index contributed by atoms with van der Waals surface area (Å²) in [5.41, 5.74) is 0.884. The van der Waals surface area contributed by atoms with Crippen LogP contribution in [0.2, 0.25) is 0 Å². The fourth-order valence-electron chi connectivity index (χ4n) is 2.61. The molecule has 0 aliphatic carbocycles. The second kappa shape index (κ2) is 6.81. The van der Waals surface area contributed by atoms with Gasteiger partial charge in [0, 0.05) is 5.56 Å². The van der Waals surface area contributed by atoms with Crippen molar-refractivity contribution >= 4 is 11.9 Å². The number of esters is 1. The fourth-order valence-corrected chi connectivity index (χ4v) is 2.61. The smallest absolute Gasteiger partial charge is 0.309 e. The lowest BCUT2D eigenvalue weighted by atomic mass is 10.1. The third-order valence-electron chi connectivity index (χ3n) is 3.86. The zero-order valence-electron chi connectivity index (χ0n) is 12.8. The van der Waals surface area contributed by atoms with Gasteiger partial charge < -0.3 is 14.2 Å². The monoisotopic (exact) mass is 303 g/mol. The Morgan fingerprint density at radius 2 is 2.27 bits per heavy atom. The number of cyclic esters (lactones) is 1. The molecule has 0 bridgehead atoms. The highest BCUT2D eigenvalue weighted by atomic mass is 16.6. The second-order valence-corrected chi connectivity index (χ2v) is 5.63. The number of aliphatic imine (C=N–C) groups is 1. The second-order valence-electron chi connectivity index (χ2n) is 5.63. The van der Waals surface area contributed by atoms with Crippen molar-refractivity contribution in [2.45, 2.75) is 44.8 Å². The van der Waals surface area contributed by atoms with Gasteiger partial charge in [0.15, 0.2) is 0 Å². The first-order chi connectivity index (χ1) is 10.8. The summed E-state index contributed by atoms with van der Waals surface area (Å²) in [6.07, 6.45) is 3.49. The first kappa shape index (κ1) is 14.9. The molecule has 5 heteroatoms. The first-order valence-electron chi connectivity index (χ1n) is 7.89. The van der Waals surface area contributed by atoms with E-state index in [0.717, 1.165) is 24.3 Å². The van der Waals surface area contributed by atoms with Crippen molar-refractivity contribution in [1.82, 2.24) is 0 Å². The Morgan fingerprint density at radius 3 is 3.14 bits per heavy atom. The van der Waals surface area contributed by atoms with Crippen LogP contribution in [0.15, 0.2) is 29.3 Å². The van der Waals surface area contributed by atoms with Crippen LogP contribution in [0.5, 0.6) is 5.75 Å². The van der Waals surface area contributed by atoms with Crippen LogP contribution in [0.25, 0.3) is 0 Å². The molecular formula is C17H21NO4. The van der Waals surface area contributed by atoms with Gasteiger partial charge in [-0.15, -0.1) is 0 Å². The summed E-state index contributed by atoms with van der Waals surface area (Å²) in [6.45, 7) is 3.20. The van der Waals surface area contributed by atoms with Crippen molar-refractivity contribution in [3.63, 3.8) is 0 Å². The predicted molar refractivity (Wildman–Crippen MR) is 82.2 cm³/mol. The molecule has 22 heavy (non-hydrogen) atoms. The van der Waals surface area contributed by atoms with E-state index in [1.807, 2.05) is 24.3 Å². The molecule has 0 spiro atoms. The van der Waals surface area contributed by atoms with E-state index in [-0.39, 0.29) is 24.5 Å². The molecule has 5 nitrogen and oxygen atoms in total. The summed E-state index contributed by atoms with van der Waals surface area (Å²) in [5, 5.41) is 0. The zero-order chi connectivity index (χ0) is 15.4. The van der Waals surface area contributed by atoms with Crippen molar-refractivity contribution in [1.29, 1.82) is 0 Å². The maximum absolute atomic E-state index is 11.3. The SMILES string of the molecule is CCCCCOc1cccc(C2=N[C@@H]3COC(=O)C[C@@H]3O2)c1. The molecule has 1 fully saturated rings. The third-order valence-corrected chi connectivity index (χ3v) is 3.86. The highest BCUT2D eigenvalue weighted by molar-refractivity contribution is 5.96. The minimum Gasteiger partial charge on any atom is -0.494 e. The quantitative estimate of drug-likeness (QED) is 0.599. The van der Waals surface area contributed by atoms with Crippen LogP contribution in [0.3, 0.4) is 0 Å². The standard InChI is InChI=1S/C17H21NO4/c1-2-3-4-8-20-13-7-5-6-12(9-13)17-18-14-11-21-16(19)10-15(14)22-17/h5-7,9,14-15H,2-4,8,10-11H2,1H3/t14-,15+/m1/s1. The number of rotatable bonds is 6. The summed E-state index contributed by atoms with van der Waals surface area (Å²) in [7, 11) is 0. The average molecular weight is 303 g/mol. The van der Waals surface area contributed by atoms with Gasteiger partial charge in [0.2, 0.25) is 5.90 Å². The van der Waals surface area contributed by atoms with E-state index in [1.54, 1.807) is 0 Å². The predicted octanol–water partition coefficient (Wildman–Crippen LogP) is 2.72. The summed E-state index contributed by atoms with van der Waals surface area (Å²) in [5.74, 6) is 1.18. The summed E-state index contributed by atoms with van der Waals surface area (Å²) >= 11 is 0. The maximum Gasteiger partial charge on any atom is 0.309 e. The van der Waals surface area contributed by atoms with E-state index >= 15 is 0 Å². The molecule has 0 aromatic heterocycles. The molecule has 1 aromatic carbocycles. The van der Waals surface area contributed by atoms with Gasteiger partial charge in [-0.3, -0.25) is 4.79 Å². The van der Waals surface area contributed by atoms with Crippen LogP contribution in [-0.2, 0) is 14.3 Å². The molecule has 3 rings (SSSR count). The van der Waals surface area contributed by atoms with Crippen LogP contribution >= 0.6 is 0 Å². The van der Waals surface area contributed by atoms with Gasteiger partial charge >= 0.3 is 5.97 Å². The molecule has 1 saturated heterocycles. The lowest BCUT2D eigenvalue weighted by Gasteiger charge is -2.21. The van der Waals surface area contributed by atoms with Crippen LogP contribution in [0.1, 0.15) is 38.2 Å². The lowest BCUT2D eigenvalue weighted by molar-refractivity contribution is -0.151. The van der Waals surface area contributed by atoms with E-state index in [1.165, 1.54) is 12.8 Å². The Labute approximate surface area is 130 Å². The molecule has 2 atom stereocenters. The van der Waals surface area contributed by atoms with Gasteiger partial charge in [-0.05, 0) is 24.6 Å². The van der Waals surface area contributed by atoms with Gasteiger partial charge in [-0.1, -0.05) is 25.8 Å². The minimum atomic E-state index is -0.217. The van der Waals surface area contributed by atoms with E-state index in [2.05, 4.69) is 11.9 Å². The molecule has 2 aliphatic rings. The number of carbonyl (C=O) groups is 1. The van der Waals surface area contributed by atoms with Crippen LogP contribution in [0, 0.1) is 0 Å². The van der Waals surface area contributed by atoms with Crippen molar-refractivity contribution < 1.29 is 19.0 Å². The van der Waals surface area contributed by atoms with E-state index in [9.17, 15) is 4.79 Å². The molecule has 0 radical (unpaired) electrons. The fraction of sp³-hybridized carbons (Fsp3) is 0.529. The molecule has 118 valence electrons. The van der Waals surface area contributed by atoms with Crippen LogP contribution < -0.4 is 4.74 Å². The zero-order valence-corrected chi connectivity index (χ0v) is 12.8. The molecular weight excluding hydrogens is 282 g/mol. The van der Waals surface area contributed by atoms with Gasteiger partial charge in [-0.25, -0.2) is 4.99 Å². The van der Waals surface area contributed by atoms with Crippen LogP contribution in [-0.4, -0.2) is 37.2 Å². The van der Waals surface area contributed by atoms with E-state index in [4.69, 9.17) is 14.2 Å². The molecule has 0 amide bonds. The summed E-state index contributed by atoms with van der Waals surface area (Å²) in [6, 6.07) is 7.66. The van der Waals surface area contributed by atoms with Crippen molar-refractivity contribution in [2.75, 3.05) is 13.2 Å². The molecule has 1 aromatic rings. The lowest BCUT2D eigenvalue weighted by Crippen LogP contribution is -2.36. The topological polar surface area (TPSA) is 57.1 Å². The van der Waals surface area contributed by atoms with Crippen molar-refractivity contribution in [2.24, 2.45) is 4.99 Å². The van der Waals surface area contributed by atoms with E-state index in [0.29, 0.717) is 12.5 Å². The molecule has 0 saturated carbocycles. The van der Waals surface area contributed by atoms with Crippen LogP contribution in [0.4, 0.5) is 0 Å². The summed E-state index contributed by atoms with van der Waals surface area (Å²) in [4.78, 5) is 15.8. The maximum atomic E-state index is 11.3. The average Bonchev–Trinajstić information content (AvgIpc) is 2.95. The highest BCUT2D eigenvalue weighted by Gasteiger charge is 2.38. The Morgan fingerprint density at radius 1 is 1.36 bits per heavy atom. The number of hydrogen-bond donors (Lipinski definition) is 0. The van der Waals surface area contributed by atoms with Gasteiger partial charge in [0.25, 0.3) is 0 Å². The third kappa shape index (κ3) is 3.40. The van der Waals surface area contributed by atoms with Gasteiger partial charge in [-0.2, -0.15) is 0 Å². The number of unbranched alkanes of at least 4 members (excludes halogenated alkanes) is 2. The first-order valence-corrected chi connectivity index (χ1v) is 7.89. The number of ether oxygens (including phenoxy) is 3. The molecule has 0 unspecified atom stereocenters. The molecule has 2 aliphatic heterocycles. The minimum absolute atomic E-state index is 0.0816. The van der Waals surface area contributed by atoms with Gasteiger partial charge in [0.05, 0.1) is 13.0 Å². The van der Waals surface area contributed by atoms with E-state index < -0.39 is 0 Å². The van der Waals surface area contributed by atoms with Crippen molar-refractivity contribution in [3.05, 3.63) is 29.8 Å². The normalized spacial score (nSPS) is 23.3. The number of hydrogen-bond acceptors (Lipinski definition) is 5. The Balaban J connectivity index is 1.64. The Hall–Kier alpha value is -2.04. The summed E-state index contributed by atoms with van der Waals surface area (Å²) < 4.78 is 16.6. The number of carbonyl (C=O) groups excluding carboxylic acids is 1. The Kier molecular flexibility index (Phi) is 4.61. The number of nitrogens with zero attached hydrogens (tertiary/aromatic N) is 1. The van der Waals surface area contributed by atoms with Crippen molar-refractivity contribution in [3.8, 4) is 5.75 Å². The number of fused-ring (bicyclic) bond motifs is 1. The molecule has 2 heterocycles. The Bertz CT molecular complexity index is 570. The molecule has 0 N–H and O–H groups in total.